The first-order valence-electron chi connectivity index (χ1n) is 6.05. The molecule has 0 atom stereocenters. The van der Waals surface area contributed by atoms with Crippen molar-refractivity contribution >= 4 is 5.91 Å². The van der Waals surface area contributed by atoms with E-state index in [1.807, 2.05) is 6.08 Å². The molecule has 1 saturated heterocycles. The first-order valence-corrected chi connectivity index (χ1v) is 6.05. The zero-order valence-electron chi connectivity index (χ0n) is 10.0. The summed E-state index contributed by atoms with van der Waals surface area (Å²) in [6.45, 7) is 6.73. The molecule has 0 N–H and O–H groups in total. The summed E-state index contributed by atoms with van der Waals surface area (Å²) in [5.41, 5.74) is 1.03. The molecule has 4 nitrogen and oxygen atoms in total. The molecule has 0 spiro atoms. The number of azo groups is 1. The van der Waals surface area contributed by atoms with Crippen LogP contribution in [0.1, 0.15) is 33.1 Å². The molecule has 88 valence electrons. The second-order valence-corrected chi connectivity index (χ2v) is 4.83. The highest BCUT2D eigenvalue weighted by molar-refractivity contribution is 5.78. The molecule has 16 heavy (non-hydrogen) atoms. The number of hydrogen-bond acceptors (Lipinski definition) is 3. The maximum atomic E-state index is 10.9. The Labute approximate surface area is 96.4 Å². The van der Waals surface area contributed by atoms with Gasteiger partial charge in [-0.3, -0.25) is 4.79 Å². The van der Waals surface area contributed by atoms with Crippen LogP contribution in [0.25, 0.3) is 0 Å². The number of carbonyl (C=O) groups excluding carboxylic acids is 1. The Hall–Kier alpha value is -1.03. The third-order valence-electron chi connectivity index (χ3n) is 3.44. The smallest absolute Gasteiger partial charge is 0.268 e. The Morgan fingerprint density at radius 3 is 2.50 bits per heavy atom. The Bertz CT molecular complexity index is 325. The van der Waals surface area contributed by atoms with Crippen LogP contribution in [0.5, 0.6) is 0 Å². The van der Waals surface area contributed by atoms with Gasteiger partial charge in [0.25, 0.3) is 5.91 Å². The lowest BCUT2D eigenvalue weighted by Crippen LogP contribution is -2.38. The van der Waals surface area contributed by atoms with Crippen LogP contribution in [-0.2, 0) is 4.79 Å². The molecular weight excluding hydrogens is 202 g/mol. The average molecular weight is 221 g/mol. The largest absolute Gasteiger partial charge is 0.301 e. The predicted octanol–water partition coefficient (Wildman–Crippen LogP) is 2.37. The van der Waals surface area contributed by atoms with Crippen molar-refractivity contribution in [1.82, 2.24) is 4.90 Å². The molecular formula is C12H19N3O. The number of amides is 1. The van der Waals surface area contributed by atoms with Crippen LogP contribution in [0.2, 0.25) is 0 Å². The zero-order valence-corrected chi connectivity index (χ0v) is 10.0. The minimum atomic E-state index is -0.122. The summed E-state index contributed by atoms with van der Waals surface area (Å²) in [5.74, 6) is 0.384. The van der Waals surface area contributed by atoms with Crippen LogP contribution in [0, 0.1) is 5.92 Å². The molecule has 0 aromatic carbocycles. The van der Waals surface area contributed by atoms with Gasteiger partial charge in [0, 0.05) is 12.0 Å². The summed E-state index contributed by atoms with van der Waals surface area (Å²) >= 11 is 0. The molecule has 2 aliphatic rings. The lowest BCUT2D eigenvalue weighted by Gasteiger charge is -2.34. The van der Waals surface area contributed by atoms with Gasteiger partial charge in [0.15, 0.2) is 0 Å². The summed E-state index contributed by atoms with van der Waals surface area (Å²) in [7, 11) is 0. The maximum absolute atomic E-state index is 10.9. The van der Waals surface area contributed by atoms with E-state index in [-0.39, 0.29) is 5.91 Å². The predicted molar refractivity (Wildman–Crippen MR) is 62.0 cm³/mol. The molecule has 0 radical (unpaired) electrons. The second-order valence-electron chi connectivity index (χ2n) is 4.83. The van der Waals surface area contributed by atoms with E-state index in [0.717, 1.165) is 31.6 Å². The quantitative estimate of drug-likeness (QED) is 0.718. The minimum Gasteiger partial charge on any atom is -0.301 e. The standard InChI is InChI=1S/C12H19N3O/c1-9(2)15-7-5-10(6-8-15)11-3-4-12(16)14-13-11/h3,9-10H,4-8H2,1-2H3. The molecule has 0 unspecified atom stereocenters. The van der Waals surface area contributed by atoms with Gasteiger partial charge in [0.1, 0.15) is 0 Å². The van der Waals surface area contributed by atoms with Crippen LogP contribution in [-0.4, -0.2) is 29.9 Å². The van der Waals surface area contributed by atoms with Crippen molar-refractivity contribution < 1.29 is 4.79 Å². The Morgan fingerprint density at radius 2 is 2.00 bits per heavy atom. The Balaban J connectivity index is 1.90. The third-order valence-corrected chi connectivity index (χ3v) is 3.44. The molecule has 0 saturated carbocycles. The first-order chi connectivity index (χ1) is 7.66. The summed E-state index contributed by atoms with van der Waals surface area (Å²) in [6, 6.07) is 0.629. The van der Waals surface area contributed by atoms with Crippen molar-refractivity contribution in [3.8, 4) is 0 Å². The SMILES string of the molecule is CC(C)N1CCC(C2=CCC(=O)N=N2)CC1. The van der Waals surface area contributed by atoms with E-state index < -0.39 is 0 Å². The van der Waals surface area contributed by atoms with Gasteiger partial charge in [0.2, 0.25) is 0 Å². The summed E-state index contributed by atoms with van der Waals surface area (Å²) in [5, 5.41) is 7.67. The summed E-state index contributed by atoms with van der Waals surface area (Å²) in [6.07, 6.45) is 4.66. The number of hydrogen-bond donors (Lipinski definition) is 0. The average Bonchev–Trinajstić information content (AvgIpc) is 2.30. The van der Waals surface area contributed by atoms with E-state index in [0.29, 0.717) is 18.4 Å². The number of nitrogens with zero attached hydrogens (tertiary/aromatic N) is 3. The van der Waals surface area contributed by atoms with Crippen LogP contribution in [0.3, 0.4) is 0 Å². The number of piperidine rings is 1. The number of rotatable bonds is 2. The van der Waals surface area contributed by atoms with Crippen molar-refractivity contribution in [2.24, 2.45) is 16.1 Å². The number of likely N-dealkylation sites (tertiary alicyclic amines) is 1. The molecule has 2 rings (SSSR count). The van der Waals surface area contributed by atoms with E-state index in [9.17, 15) is 4.79 Å². The normalized spacial score (nSPS) is 23.9. The molecule has 4 heteroatoms. The van der Waals surface area contributed by atoms with Gasteiger partial charge >= 0.3 is 0 Å². The van der Waals surface area contributed by atoms with E-state index in [1.165, 1.54) is 0 Å². The monoisotopic (exact) mass is 221 g/mol. The van der Waals surface area contributed by atoms with Gasteiger partial charge in [-0.2, -0.15) is 5.11 Å². The van der Waals surface area contributed by atoms with E-state index >= 15 is 0 Å². The van der Waals surface area contributed by atoms with Crippen molar-refractivity contribution in [1.29, 1.82) is 0 Å². The van der Waals surface area contributed by atoms with Gasteiger partial charge < -0.3 is 4.90 Å². The topological polar surface area (TPSA) is 45.0 Å². The number of carbonyl (C=O) groups is 1. The van der Waals surface area contributed by atoms with Crippen molar-refractivity contribution in [2.75, 3.05) is 13.1 Å². The maximum Gasteiger partial charge on any atom is 0.268 e. The van der Waals surface area contributed by atoms with E-state index in [4.69, 9.17) is 0 Å². The van der Waals surface area contributed by atoms with Gasteiger partial charge in [-0.05, 0) is 39.8 Å². The summed E-state index contributed by atoms with van der Waals surface area (Å²) < 4.78 is 0. The number of allylic oxidation sites excluding steroid dienone is 1. The fourth-order valence-electron chi connectivity index (χ4n) is 2.35. The van der Waals surface area contributed by atoms with Crippen LogP contribution < -0.4 is 0 Å². The van der Waals surface area contributed by atoms with E-state index in [2.05, 4.69) is 29.0 Å². The molecule has 2 aliphatic heterocycles. The fraction of sp³-hybridized carbons (Fsp3) is 0.750. The fourth-order valence-corrected chi connectivity index (χ4v) is 2.35. The molecule has 0 aromatic heterocycles. The Morgan fingerprint density at radius 1 is 1.31 bits per heavy atom. The molecule has 1 fully saturated rings. The first kappa shape index (κ1) is 11.5. The molecule has 1 amide bonds. The van der Waals surface area contributed by atoms with Gasteiger partial charge in [-0.15, -0.1) is 5.11 Å². The zero-order chi connectivity index (χ0) is 11.5. The van der Waals surface area contributed by atoms with Crippen molar-refractivity contribution in [3.63, 3.8) is 0 Å². The third kappa shape index (κ3) is 2.55. The highest BCUT2D eigenvalue weighted by atomic mass is 16.1. The van der Waals surface area contributed by atoms with Gasteiger partial charge in [0.05, 0.1) is 12.1 Å². The van der Waals surface area contributed by atoms with Crippen LogP contribution in [0.4, 0.5) is 0 Å². The van der Waals surface area contributed by atoms with Gasteiger partial charge in [-0.25, -0.2) is 0 Å². The van der Waals surface area contributed by atoms with Crippen LogP contribution >= 0.6 is 0 Å². The van der Waals surface area contributed by atoms with Gasteiger partial charge in [-0.1, -0.05) is 6.08 Å². The molecule has 0 aliphatic carbocycles. The minimum absolute atomic E-state index is 0.122. The summed E-state index contributed by atoms with van der Waals surface area (Å²) in [4.78, 5) is 13.4. The Kier molecular flexibility index (Phi) is 3.49. The molecule has 0 bridgehead atoms. The van der Waals surface area contributed by atoms with Crippen molar-refractivity contribution in [3.05, 3.63) is 11.8 Å². The van der Waals surface area contributed by atoms with Crippen LogP contribution in [0.15, 0.2) is 22.0 Å². The highest BCUT2D eigenvalue weighted by Gasteiger charge is 2.24. The van der Waals surface area contributed by atoms with Crippen molar-refractivity contribution in [2.45, 2.75) is 39.2 Å². The highest BCUT2D eigenvalue weighted by Crippen LogP contribution is 2.28. The molecule has 2 heterocycles. The second kappa shape index (κ2) is 4.87. The lowest BCUT2D eigenvalue weighted by molar-refractivity contribution is -0.117. The van der Waals surface area contributed by atoms with E-state index in [1.54, 1.807) is 0 Å². The lowest BCUT2D eigenvalue weighted by atomic mass is 9.92. The molecule has 0 aromatic rings.